The zero-order chi connectivity index (χ0) is 14.9. The Morgan fingerprint density at radius 2 is 1.76 bits per heavy atom. The minimum atomic E-state index is 0.232. The molecular formula is C17H33NO3. The predicted octanol–water partition coefficient (Wildman–Crippen LogP) is 2.45. The first-order valence-corrected chi connectivity index (χ1v) is 8.86. The second-order valence-electron chi connectivity index (χ2n) is 6.66. The molecule has 124 valence electrons. The first-order valence-electron chi connectivity index (χ1n) is 8.86. The quantitative estimate of drug-likeness (QED) is 0.699. The van der Waals surface area contributed by atoms with Gasteiger partial charge in [0.25, 0.3) is 0 Å². The Hall–Kier alpha value is -0.160. The molecule has 1 aliphatic heterocycles. The summed E-state index contributed by atoms with van der Waals surface area (Å²) in [5, 5.41) is 8.76. The summed E-state index contributed by atoms with van der Waals surface area (Å²) in [6, 6.07) is 0. The molecule has 0 bridgehead atoms. The minimum absolute atomic E-state index is 0.232. The molecule has 0 spiro atoms. The standard InChI is InChI=1S/C17H33NO3/c1-15-5-2-3-6-17(15)21-14-11-18-9-7-16(8-10-18)20-13-4-12-19/h15-17,19H,2-14H2,1H3. The van der Waals surface area contributed by atoms with Gasteiger partial charge in [-0.2, -0.15) is 0 Å². The largest absolute Gasteiger partial charge is 0.396 e. The van der Waals surface area contributed by atoms with Crippen molar-refractivity contribution in [2.75, 3.05) is 39.5 Å². The highest BCUT2D eigenvalue weighted by Crippen LogP contribution is 2.26. The van der Waals surface area contributed by atoms with Crippen LogP contribution in [-0.4, -0.2) is 61.7 Å². The molecule has 0 aromatic heterocycles. The number of rotatable bonds is 8. The molecule has 1 heterocycles. The normalized spacial score (nSPS) is 28.9. The Labute approximate surface area is 129 Å². The topological polar surface area (TPSA) is 41.9 Å². The van der Waals surface area contributed by atoms with E-state index in [0.29, 0.717) is 18.8 Å². The number of likely N-dealkylation sites (tertiary alicyclic amines) is 1. The Balaban J connectivity index is 1.52. The van der Waals surface area contributed by atoms with E-state index >= 15 is 0 Å². The van der Waals surface area contributed by atoms with E-state index in [2.05, 4.69) is 11.8 Å². The summed E-state index contributed by atoms with van der Waals surface area (Å²) >= 11 is 0. The summed E-state index contributed by atoms with van der Waals surface area (Å²) in [5.41, 5.74) is 0. The molecule has 21 heavy (non-hydrogen) atoms. The number of nitrogens with zero attached hydrogens (tertiary/aromatic N) is 1. The molecule has 0 aromatic carbocycles. The summed E-state index contributed by atoms with van der Waals surface area (Å²) in [7, 11) is 0. The molecular weight excluding hydrogens is 266 g/mol. The predicted molar refractivity (Wildman–Crippen MR) is 84.5 cm³/mol. The fourth-order valence-electron chi connectivity index (χ4n) is 3.48. The van der Waals surface area contributed by atoms with Crippen LogP contribution in [0, 0.1) is 5.92 Å². The molecule has 2 rings (SSSR count). The number of hydrogen-bond acceptors (Lipinski definition) is 4. The highest BCUT2D eigenvalue weighted by molar-refractivity contribution is 4.74. The van der Waals surface area contributed by atoms with Gasteiger partial charge < -0.3 is 19.5 Å². The van der Waals surface area contributed by atoms with Gasteiger partial charge in [0.05, 0.1) is 18.8 Å². The number of hydrogen-bond donors (Lipinski definition) is 1. The van der Waals surface area contributed by atoms with Crippen LogP contribution in [0.1, 0.15) is 51.9 Å². The molecule has 1 saturated carbocycles. The molecule has 4 heteroatoms. The van der Waals surface area contributed by atoms with Gasteiger partial charge in [-0.25, -0.2) is 0 Å². The average molecular weight is 299 g/mol. The molecule has 2 unspecified atom stereocenters. The maximum absolute atomic E-state index is 8.76. The fraction of sp³-hybridized carbons (Fsp3) is 1.00. The van der Waals surface area contributed by atoms with Gasteiger partial charge in [0.15, 0.2) is 0 Å². The Morgan fingerprint density at radius 3 is 2.48 bits per heavy atom. The lowest BCUT2D eigenvalue weighted by molar-refractivity contribution is -0.0290. The van der Waals surface area contributed by atoms with E-state index in [9.17, 15) is 0 Å². The summed E-state index contributed by atoms with van der Waals surface area (Å²) in [6.07, 6.45) is 9.19. The van der Waals surface area contributed by atoms with Crippen LogP contribution in [0.25, 0.3) is 0 Å². The smallest absolute Gasteiger partial charge is 0.0601 e. The van der Waals surface area contributed by atoms with Crippen molar-refractivity contribution < 1.29 is 14.6 Å². The van der Waals surface area contributed by atoms with Crippen LogP contribution in [0.4, 0.5) is 0 Å². The van der Waals surface area contributed by atoms with E-state index in [1.54, 1.807) is 0 Å². The molecule has 0 amide bonds. The van der Waals surface area contributed by atoms with Crippen molar-refractivity contribution in [1.29, 1.82) is 0 Å². The fourth-order valence-corrected chi connectivity index (χ4v) is 3.48. The van der Waals surface area contributed by atoms with E-state index < -0.39 is 0 Å². The van der Waals surface area contributed by atoms with Crippen LogP contribution in [0.5, 0.6) is 0 Å². The zero-order valence-electron chi connectivity index (χ0n) is 13.6. The molecule has 1 N–H and O–H groups in total. The van der Waals surface area contributed by atoms with Gasteiger partial charge in [-0.15, -0.1) is 0 Å². The van der Waals surface area contributed by atoms with Crippen molar-refractivity contribution in [3.05, 3.63) is 0 Å². The van der Waals surface area contributed by atoms with Gasteiger partial charge >= 0.3 is 0 Å². The Bertz CT molecular complexity index is 267. The Morgan fingerprint density at radius 1 is 1.00 bits per heavy atom. The lowest BCUT2D eigenvalue weighted by Gasteiger charge is -2.33. The maximum Gasteiger partial charge on any atom is 0.0601 e. The van der Waals surface area contributed by atoms with Crippen LogP contribution in [-0.2, 0) is 9.47 Å². The van der Waals surface area contributed by atoms with Crippen LogP contribution in [0.3, 0.4) is 0 Å². The van der Waals surface area contributed by atoms with Crippen molar-refractivity contribution in [1.82, 2.24) is 4.90 Å². The average Bonchev–Trinajstić information content (AvgIpc) is 2.51. The van der Waals surface area contributed by atoms with Crippen LogP contribution >= 0.6 is 0 Å². The van der Waals surface area contributed by atoms with Gasteiger partial charge in [0, 0.05) is 32.8 Å². The number of ether oxygens (including phenoxy) is 2. The van der Waals surface area contributed by atoms with Gasteiger partial charge in [-0.05, 0) is 38.0 Å². The number of aliphatic hydroxyl groups excluding tert-OH is 1. The molecule has 4 nitrogen and oxygen atoms in total. The first-order chi connectivity index (χ1) is 10.3. The second kappa shape index (κ2) is 9.78. The maximum atomic E-state index is 8.76. The van der Waals surface area contributed by atoms with Crippen molar-refractivity contribution in [2.24, 2.45) is 5.92 Å². The third-order valence-electron chi connectivity index (χ3n) is 4.96. The van der Waals surface area contributed by atoms with E-state index in [-0.39, 0.29) is 6.61 Å². The SMILES string of the molecule is CC1CCCCC1OCCN1CCC(OCCCO)CC1. The molecule has 2 atom stereocenters. The molecule has 0 radical (unpaired) electrons. The van der Waals surface area contributed by atoms with Crippen molar-refractivity contribution >= 4 is 0 Å². The Kier molecular flexibility index (Phi) is 8.01. The summed E-state index contributed by atoms with van der Waals surface area (Å²) < 4.78 is 11.9. The minimum Gasteiger partial charge on any atom is -0.396 e. The third-order valence-corrected chi connectivity index (χ3v) is 4.96. The number of piperidine rings is 1. The monoisotopic (exact) mass is 299 g/mol. The van der Waals surface area contributed by atoms with Crippen molar-refractivity contribution in [2.45, 2.75) is 64.1 Å². The molecule has 0 aromatic rings. The highest BCUT2D eigenvalue weighted by atomic mass is 16.5. The molecule has 2 aliphatic rings. The van der Waals surface area contributed by atoms with E-state index in [1.807, 2.05) is 0 Å². The summed E-state index contributed by atoms with van der Waals surface area (Å²) in [4.78, 5) is 2.50. The van der Waals surface area contributed by atoms with Crippen molar-refractivity contribution in [3.8, 4) is 0 Å². The molecule has 1 saturated heterocycles. The van der Waals surface area contributed by atoms with Crippen LogP contribution in [0.2, 0.25) is 0 Å². The van der Waals surface area contributed by atoms with E-state index in [1.165, 1.54) is 25.7 Å². The van der Waals surface area contributed by atoms with Crippen LogP contribution < -0.4 is 0 Å². The lowest BCUT2D eigenvalue weighted by atomic mass is 9.88. The van der Waals surface area contributed by atoms with Gasteiger partial charge in [0.1, 0.15) is 0 Å². The van der Waals surface area contributed by atoms with Crippen LogP contribution in [0.15, 0.2) is 0 Å². The van der Waals surface area contributed by atoms with Crippen molar-refractivity contribution in [3.63, 3.8) is 0 Å². The summed E-state index contributed by atoms with van der Waals surface area (Å²) in [5.74, 6) is 0.740. The third kappa shape index (κ3) is 6.23. The number of aliphatic hydroxyl groups is 1. The van der Waals surface area contributed by atoms with E-state index in [0.717, 1.165) is 51.4 Å². The molecule has 1 aliphatic carbocycles. The van der Waals surface area contributed by atoms with Gasteiger partial charge in [-0.3, -0.25) is 0 Å². The molecule has 2 fully saturated rings. The first kappa shape index (κ1) is 17.2. The summed E-state index contributed by atoms with van der Waals surface area (Å²) in [6.45, 7) is 7.44. The van der Waals surface area contributed by atoms with E-state index in [4.69, 9.17) is 14.6 Å². The lowest BCUT2D eigenvalue weighted by Crippen LogP contribution is -2.39. The zero-order valence-corrected chi connectivity index (χ0v) is 13.6. The van der Waals surface area contributed by atoms with Gasteiger partial charge in [-0.1, -0.05) is 19.8 Å². The van der Waals surface area contributed by atoms with Gasteiger partial charge in [0.2, 0.25) is 0 Å². The second-order valence-corrected chi connectivity index (χ2v) is 6.66. The highest BCUT2D eigenvalue weighted by Gasteiger charge is 2.23.